The van der Waals surface area contributed by atoms with Crippen LogP contribution in [0, 0.1) is 19.8 Å². The van der Waals surface area contributed by atoms with Gasteiger partial charge in [-0.2, -0.15) is 0 Å². The van der Waals surface area contributed by atoms with Crippen molar-refractivity contribution in [3.05, 3.63) is 28.7 Å². The largest absolute Gasteiger partial charge is 0.356 e. The molecule has 4 rings (SSSR count). The lowest BCUT2D eigenvalue weighted by Crippen LogP contribution is -2.35. The highest BCUT2D eigenvalue weighted by Crippen LogP contribution is 2.35. The fourth-order valence-corrected chi connectivity index (χ4v) is 4.67. The molecule has 27 heavy (non-hydrogen) atoms. The van der Waals surface area contributed by atoms with Gasteiger partial charge in [-0.1, -0.05) is 5.21 Å². The maximum atomic E-state index is 6.11. The van der Waals surface area contributed by atoms with Gasteiger partial charge in [0, 0.05) is 24.5 Å². The van der Waals surface area contributed by atoms with Crippen molar-refractivity contribution in [1.82, 2.24) is 25.0 Å². The number of nitrogens with two attached hydrogens (primary N) is 1. The van der Waals surface area contributed by atoms with E-state index in [0.717, 1.165) is 48.8 Å². The number of nitrogens with zero attached hydrogens (tertiary/aromatic N) is 6. The van der Waals surface area contributed by atoms with Crippen LogP contribution in [0.1, 0.15) is 42.8 Å². The van der Waals surface area contributed by atoms with Gasteiger partial charge in [0.15, 0.2) is 0 Å². The van der Waals surface area contributed by atoms with Crippen LogP contribution in [0.5, 0.6) is 0 Å². The zero-order chi connectivity index (χ0) is 19.2. The second-order valence-corrected chi connectivity index (χ2v) is 9.34. The van der Waals surface area contributed by atoms with Crippen molar-refractivity contribution >= 4 is 27.4 Å². The second-order valence-electron chi connectivity index (χ2n) is 8.14. The first-order chi connectivity index (χ1) is 12.8. The van der Waals surface area contributed by atoms with Gasteiger partial charge >= 0.3 is 0 Å². The van der Waals surface area contributed by atoms with Crippen molar-refractivity contribution in [3.63, 3.8) is 0 Å². The summed E-state index contributed by atoms with van der Waals surface area (Å²) in [6.45, 7) is 11.2. The number of aryl methyl sites for hydroxylation is 2. The second kappa shape index (κ2) is 6.83. The fourth-order valence-electron chi connectivity index (χ4n) is 3.68. The van der Waals surface area contributed by atoms with Crippen molar-refractivity contribution in [2.75, 3.05) is 18.0 Å². The number of anilines is 1. The average molecular weight is 386 g/mol. The highest BCUT2D eigenvalue weighted by molar-refractivity contribution is 7.18. The quantitative estimate of drug-likeness (QED) is 0.743. The molecule has 0 saturated carbocycles. The molecule has 3 aromatic rings. The topological polar surface area (TPSA) is 85.8 Å². The highest BCUT2D eigenvalue weighted by Gasteiger charge is 2.25. The van der Waals surface area contributed by atoms with Crippen molar-refractivity contribution < 1.29 is 0 Å². The van der Waals surface area contributed by atoms with Crippen LogP contribution in [-0.4, -0.2) is 38.1 Å². The Morgan fingerprint density at radius 1 is 1.22 bits per heavy atom. The summed E-state index contributed by atoms with van der Waals surface area (Å²) in [6, 6.07) is 0. The zero-order valence-electron chi connectivity index (χ0n) is 16.4. The number of thiophene rings is 1. The van der Waals surface area contributed by atoms with E-state index < -0.39 is 5.54 Å². The maximum absolute atomic E-state index is 6.11. The van der Waals surface area contributed by atoms with Crippen LogP contribution < -0.4 is 10.6 Å². The van der Waals surface area contributed by atoms with Crippen LogP contribution in [0.2, 0.25) is 0 Å². The lowest BCUT2D eigenvalue weighted by atomic mass is 9.96. The number of piperidine rings is 1. The molecule has 1 aliphatic heterocycles. The molecule has 0 aromatic carbocycles. The molecule has 1 aliphatic rings. The minimum Gasteiger partial charge on any atom is -0.356 e. The Balaban J connectivity index is 1.44. The molecule has 1 fully saturated rings. The van der Waals surface area contributed by atoms with Crippen LogP contribution in [0.25, 0.3) is 10.2 Å². The molecule has 2 N–H and O–H groups in total. The molecule has 0 atom stereocenters. The van der Waals surface area contributed by atoms with Gasteiger partial charge in [0.05, 0.1) is 17.1 Å². The Hall–Kier alpha value is -2.06. The van der Waals surface area contributed by atoms with Gasteiger partial charge in [0.2, 0.25) is 0 Å². The van der Waals surface area contributed by atoms with Gasteiger partial charge in [-0.15, -0.1) is 16.4 Å². The summed E-state index contributed by atoms with van der Waals surface area (Å²) >= 11 is 1.76. The molecule has 0 bridgehead atoms. The molecule has 0 radical (unpaired) electrons. The zero-order valence-corrected chi connectivity index (χ0v) is 17.3. The third-order valence-corrected chi connectivity index (χ3v) is 6.62. The van der Waals surface area contributed by atoms with Crippen molar-refractivity contribution in [2.45, 2.75) is 52.6 Å². The average Bonchev–Trinajstić information content (AvgIpc) is 3.21. The van der Waals surface area contributed by atoms with Crippen molar-refractivity contribution in [2.24, 2.45) is 11.7 Å². The number of aromatic nitrogens is 5. The SMILES string of the molecule is Cc1sc2ncnc(N3CCC(Cn4cc(C(C)(C)N)nn4)CC3)c2c1C. The van der Waals surface area contributed by atoms with E-state index in [2.05, 4.69) is 39.0 Å². The Morgan fingerprint density at radius 2 is 1.96 bits per heavy atom. The van der Waals surface area contributed by atoms with E-state index in [4.69, 9.17) is 5.73 Å². The number of hydrogen-bond acceptors (Lipinski definition) is 7. The minimum absolute atomic E-state index is 0.448. The molecule has 1 saturated heterocycles. The Bertz CT molecular complexity index is 945. The first kappa shape index (κ1) is 18.3. The first-order valence-electron chi connectivity index (χ1n) is 9.48. The Labute approximate surface area is 163 Å². The molecule has 0 unspecified atom stereocenters. The molecule has 3 aromatic heterocycles. The summed E-state index contributed by atoms with van der Waals surface area (Å²) in [5.74, 6) is 1.69. The molecule has 7 nitrogen and oxygen atoms in total. The first-order valence-corrected chi connectivity index (χ1v) is 10.3. The van der Waals surface area contributed by atoms with Gasteiger partial charge in [-0.3, -0.25) is 4.68 Å². The third-order valence-electron chi connectivity index (χ3n) is 5.50. The molecule has 0 amide bonds. The minimum atomic E-state index is -0.448. The van der Waals surface area contributed by atoms with Crippen LogP contribution in [0.3, 0.4) is 0 Å². The van der Waals surface area contributed by atoms with Crippen molar-refractivity contribution in [1.29, 1.82) is 0 Å². The molecule has 8 heteroatoms. The Morgan fingerprint density at radius 3 is 2.63 bits per heavy atom. The lowest BCUT2D eigenvalue weighted by molar-refractivity contribution is 0.338. The van der Waals surface area contributed by atoms with Gasteiger partial charge in [0.25, 0.3) is 0 Å². The predicted octanol–water partition coefficient (Wildman–Crippen LogP) is 3.01. The summed E-state index contributed by atoms with van der Waals surface area (Å²) < 4.78 is 1.94. The summed E-state index contributed by atoms with van der Waals surface area (Å²) in [5.41, 5.74) is 7.82. The van der Waals surface area contributed by atoms with E-state index >= 15 is 0 Å². The molecule has 144 valence electrons. The monoisotopic (exact) mass is 385 g/mol. The van der Waals surface area contributed by atoms with Gasteiger partial charge in [0.1, 0.15) is 22.7 Å². The lowest BCUT2D eigenvalue weighted by Gasteiger charge is -2.33. The van der Waals surface area contributed by atoms with Crippen LogP contribution >= 0.6 is 11.3 Å². The number of rotatable bonds is 4. The van der Waals surface area contributed by atoms with Crippen LogP contribution in [0.15, 0.2) is 12.5 Å². The molecular weight excluding hydrogens is 358 g/mol. The predicted molar refractivity (Wildman–Crippen MR) is 109 cm³/mol. The van der Waals surface area contributed by atoms with Gasteiger partial charge < -0.3 is 10.6 Å². The van der Waals surface area contributed by atoms with E-state index in [0.29, 0.717) is 5.92 Å². The molecule has 0 aliphatic carbocycles. The number of hydrogen-bond donors (Lipinski definition) is 1. The summed E-state index contributed by atoms with van der Waals surface area (Å²) in [7, 11) is 0. The third kappa shape index (κ3) is 3.55. The van der Waals surface area contributed by atoms with E-state index in [1.165, 1.54) is 15.8 Å². The normalized spacial score (nSPS) is 16.4. The van der Waals surface area contributed by atoms with Crippen LogP contribution in [0.4, 0.5) is 5.82 Å². The maximum Gasteiger partial charge on any atom is 0.141 e. The fraction of sp³-hybridized carbons (Fsp3) is 0.579. The molecular formula is C19H27N7S. The van der Waals surface area contributed by atoms with Crippen molar-refractivity contribution in [3.8, 4) is 0 Å². The smallest absolute Gasteiger partial charge is 0.141 e. The highest BCUT2D eigenvalue weighted by atomic mass is 32.1. The summed E-state index contributed by atoms with van der Waals surface area (Å²) in [5, 5.41) is 9.71. The van der Waals surface area contributed by atoms with Crippen LogP contribution in [-0.2, 0) is 12.1 Å². The number of fused-ring (bicyclic) bond motifs is 1. The summed E-state index contributed by atoms with van der Waals surface area (Å²) in [6.07, 6.45) is 5.92. The van der Waals surface area contributed by atoms with Gasteiger partial charge in [-0.25, -0.2) is 9.97 Å². The van der Waals surface area contributed by atoms with E-state index in [1.807, 2.05) is 24.7 Å². The molecule has 0 spiro atoms. The Kier molecular flexibility index (Phi) is 4.63. The van der Waals surface area contributed by atoms with E-state index in [9.17, 15) is 0 Å². The molecule has 4 heterocycles. The summed E-state index contributed by atoms with van der Waals surface area (Å²) in [4.78, 5) is 13.9. The standard InChI is InChI=1S/C19H27N7S/c1-12-13(2)27-18-16(12)17(21-11-22-18)25-7-5-14(6-8-25)9-26-10-15(23-24-26)19(3,4)20/h10-11,14H,5-9,20H2,1-4H3. The van der Waals surface area contributed by atoms with Gasteiger partial charge in [-0.05, 0) is 52.0 Å². The van der Waals surface area contributed by atoms with E-state index in [1.54, 1.807) is 17.7 Å². The van der Waals surface area contributed by atoms with E-state index in [-0.39, 0.29) is 0 Å².